The summed E-state index contributed by atoms with van der Waals surface area (Å²) in [4.78, 5) is 20.3. The Morgan fingerprint density at radius 1 is 1.45 bits per heavy atom. The van der Waals surface area contributed by atoms with Crippen molar-refractivity contribution >= 4 is 5.91 Å². The minimum Gasteiger partial charge on any atom is -0.345 e. The Kier molecular flexibility index (Phi) is 4.20. The summed E-state index contributed by atoms with van der Waals surface area (Å²) in [6.07, 6.45) is 6.38. The lowest BCUT2D eigenvalue weighted by molar-refractivity contribution is 0.0826. The molecule has 22 heavy (non-hydrogen) atoms. The fraction of sp³-hybridized carbons (Fsp3) is 0.438. The number of pyridine rings is 1. The molecule has 0 aromatic carbocycles. The summed E-state index contributed by atoms with van der Waals surface area (Å²) in [5, 5.41) is 7.11. The zero-order chi connectivity index (χ0) is 15.5. The second-order valence-corrected chi connectivity index (χ2v) is 5.98. The summed E-state index contributed by atoms with van der Waals surface area (Å²) in [6, 6.07) is 4.06. The molecule has 1 aliphatic rings. The van der Waals surface area contributed by atoms with Crippen molar-refractivity contribution in [2.45, 2.75) is 18.9 Å². The van der Waals surface area contributed by atoms with Gasteiger partial charge in [-0.3, -0.25) is 19.8 Å². The normalized spacial score (nSPS) is 18.5. The molecule has 0 unspecified atom stereocenters. The Morgan fingerprint density at radius 2 is 2.32 bits per heavy atom. The van der Waals surface area contributed by atoms with E-state index < -0.39 is 0 Å². The van der Waals surface area contributed by atoms with Crippen molar-refractivity contribution in [2.75, 3.05) is 27.2 Å². The smallest absolute Gasteiger partial charge is 0.256 e. The number of hydrogen-bond donors (Lipinski definition) is 1. The summed E-state index contributed by atoms with van der Waals surface area (Å²) >= 11 is 0. The topological polar surface area (TPSA) is 65.1 Å². The minimum atomic E-state index is 0.00876. The Morgan fingerprint density at radius 3 is 3.05 bits per heavy atom. The van der Waals surface area contributed by atoms with Gasteiger partial charge >= 0.3 is 0 Å². The van der Waals surface area contributed by atoms with Gasteiger partial charge in [-0.25, -0.2) is 0 Å². The van der Waals surface area contributed by atoms with Gasteiger partial charge in [-0.1, -0.05) is 6.07 Å². The molecule has 1 aliphatic heterocycles. The van der Waals surface area contributed by atoms with Crippen LogP contribution in [0.5, 0.6) is 0 Å². The summed E-state index contributed by atoms with van der Waals surface area (Å²) in [5.41, 5.74) is 2.88. The van der Waals surface area contributed by atoms with E-state index in [-0.39, 0.29) is 5.91 Å². The van der Waals surface area contributed by atoms with Gasteiger partial charge in [0.15, 0.2) is 0 Å². The van der Waals surface area contributed by atoms with Crippen molar-refractivity contribution < 1.29 is 4.79 Å². The number of hydrogen-bond acceptors (Lipinski definition) is 4. The summed E-state index contributed by atoms with van der Waals surface area (Å²) in [7, 11) is 3.53. The molecule has 1 amide bonds. The number of aromatic nitrogens is 3. The summed E-state index contributed by atoms with van der Waals surface area (Å²) in [6.45, 7) is 2.86. The summed E-state index contributed by atoms with van der Waals surface area (Å²) < 4.78 is 0. The van der Waals surface area contributed by atoms with Gasteiger partial charge < -0.3 is 4.90 Å². The molecule has 3 rings (SSSR count). The maximum atomic E-state index is 12.2. The molecule has 0 radical (unpaired) electrons. The first-order valence-corrected chi connectivity index (χ1v) is 7.51. The monoisotopic (exact) mass is 299 g/mol. The predicted molar refractivity (Wildman–Crippen MR) is 83.5 cm³/mol. The van der Waals surface area contributed by atoms with Gasteiger partial charge in [-0.05, 0) is 24.6 Å². The first-order valence-electron chi connectivity index (χ1n) is 7.51. The van der Waals surface area contributed by atoms with Crippen molar-refractivity contribution in [3.05, 3.63) is 47.5 Å². The molecular formula is C16H21N5O. The third-order valence-corrected chi connectivity index (χ3v) is 4.12. The molecule has 6 nitrogen and oxygen atoms in total. The zero-order valence-corrected chi connectivity index (χ0v) is 13.0. The van der Waals surface area contributed by atoms with Crippen LogP contribution in [0.1, 0.15) is 34.0 Å². The van der Waals surface area contributed by atoms with Crippen molar-refractivity contribution in [1.29, 1.82) is 0 Å². The highest BCUT2D eigenvalue weighted by Gasteiger charge is 2.29. The molecule has 0 aliphatic carbocycles. The van der Waals surface area contributed by atoms with E-state index in [0.717, 1.165) is 31.7 Å². The molecule has 3 heterocycles. The van der Waals surface area contributed by atoms with Crippen LogP contribution >= 0.6 is 0 Å². The second-order valence-electron chi connectivity index (χ2n) is 5.98. The molecule has 0 spiro atoms. The number of amides is 1. The number of carbonyl (C=O) groups is 1. The van der Waals surface area contributed by atoms with E-state index in [4.69, 9.17) is 0 Å². The van der Waals surface area contributed by atoms with Crippen LogP contribution in [-0.4, -0.2) is 58.1 Å². The van der Waals surface area contributed by atoms with Crippen LogP contribution in [0.15, 0.2) is 30.7 Å². The number of rotatable bonds is 4. The van der Waals surface area contributed by atoms with Gasteiger partial charge in [0.1, 0.15) is 0 Å². The minimum absolute atomic E-state index is 0.00876. The van der Waals surface area contributed by atoms with Crippen LogP contribution in [0.25, 0.3) is 0 Å². The number of carbonyl (C=O) groups excluding carboxylic acids is 1. The Labute approximate surface area is 130 Å². The molecule has 2 aromatic heterocycles. The second kappa shape index (κ2) is 6.27. The van der Waals surface area contributed by atoms with Crippen molar-refractivity contribution in [3.8, 4) is 0 Å². The quantitative estimate of drug-likeness (QED) is 0.929. The van der Waals surface area contributed by atoms with Crippen LogP contribution < -0.4 is 0 Å². The zero-order valence-electron chi connectivity index (χ0n) is 13.0. The van der Waals surface area contributed by atoms with E-state index in [0.29, 0.717) is 11.5 Å². The lowest BCUT2D eigenvalue weighted by Crippen LogP contribution is -2.24. The molecule has 1 fully saturated rings. The maximum Gasteiger partial charge on any atom is 0.256 e. The van der Waals surface area contributed by atoms with Gasteiger partial charge in [0.2, 0.25) is 0 Å². The Hall–Kier alpha value is -2.21. The van der Waals surface area contributed by atoms with Crippen molar-refractivity contribution in [1.82, 2.24) is 25.0 Å². The molecule has 0 bridgehead atoms. The number of aromatic amines is 1. The van der Waals surface area contributed by atoms with Gasteiger partial charge in [-0.15, -0.1) is 0 Å². The lowest BCUT2D eigenvalue weighted by atomic mass is 10.0. The summed E-state index contributed by atoms with van der Waals surface area (Å²) in [5.74, 6) is 0.340. The number of H-pyrrole nitrogens is 1. The van der Waals surface area contributed by atoms with Gasteiger partial charge in [0.25, 0.3) is 5.91 Å². The van der Waals surface area contributed by atoms with E-state index in [1.54, 1.807) is 31.4 Å². The lowest BCUT2D eigenvalue weighted by Gasteiger charge is -2.16. The van der Waals surface area contributed by atoms with Crippen LogP contribution in [0, 0.1) is 0 Å². The van der Waals surface area contributed by atoms with E-state index in [1.807, 2.05) is 12.3 Å². The highest BCUT2D eigenvalue weighted by molar-refractivity contribution is 5.94. The van der Waals surface area contributed by atoms with Crippen LogP contribution in [0.3, 0.4) is 0 Å². The van der Waals surface area contributed by atoms with E-state index in [9.17, 15) is 4.79 Å². The molecule has 0 saturated carbocycles. The molecular weight excluding hydrogens is 278 g/mol. The number of likely N-dealkylation sites (tertiary alicyclic amines) is 1. The third kappa shape index (κ3) is 3.01. The third-order valence-electron chi connectivity index (χ3n) is 4.12. The molecule has 6 heteroatoms. The average molecular weight is 299 g/mol. The van der Waals surface area contributed by atoms with E-state index >= 15 is 0 Å². The van der Waals surface area contributed by atoms with Gasteiger partial charge in [0.05, 0.1) is 17.5 Å². The van der Waals surface area contributed by atoms with Crippen LogP contribution in [0.4, 0.5) is 0 Å². The highest BCUT2D eigenvalue weighted by atomic mass is 16.2. The van der Waals surface area contributed by atoms with Gasteiger partial charge in [0, 0.05) is 45.5 Å². The highest BCUT2D eigenvalue weighted by Crippen LogP contribution is 2.29. The Balaban J connectivity index is 1.68. The first-order chi connectivity index (χ1) is 10.6. The molecule has 116 valence electrons. The molecule has 2 aromatic rings. The first kappa shape index (κ1) is 14.7. The molecule has 1 saturated heterocycles. The van der Waals surface area contributed by atoms with Crippen molar-refractivity contribution in [3.63, 3.8) is 0 Å². The van der Waals surface area contributed by atoms with Gasteiger partial charge in [-0.2, -0.15) is 5.10 Å². The van der Waals surface area contributed by atoms with E-state index in [2.05, 4.69) is 26.1 Å². The Bertz CT molecular complexity index is 637. The fourth-order valence-corrected chi connectivity index (χ4v) is 2.98. The van der Waals surface area contributed by atoms with Crippen molar-refractivity contribution in [2.24, 2.45) is 0 Å². The standard InChI is InChI=1S/C16H21N5O/c1-20(2)16(22)14-9-18-19-15(14)13-5-7-21(11-13)10-12-4-3-6-17-8-12/h3-4,6,8-9,13H,5,7,10-11H2,1-2H3,(H,18,19)/t13-/m1/s1. The number of nitrogens with one attached hydrogen (secondary N) is 1. The SMILES string of the molecule is CN(C)C(=O)c1cn[nH]c1[C@@H]1CCN(Cc2cccnc2)C1. The maximum absolute atomic E-state index is 12.2. The van der Waals surface area contributed by atoms with E-state index in [1.165, 1.54) is 5.56 Å². The van der Waals surface area contributed by atoms with Crippen LogP contribution in [-0.2, 0) is 6.54 Å². The van der Waals surface area contributed by atoms with Crippen LogP contribution in [0.2, 0.25) is 0 Å². The molecule has 1 atom stereocenters. The number of nitrogens with zero attached hydrogens (tertiary/aromatic N) is 4. The fourth-order valence-electron chi connectivity index (χ4n) is 2.98. The average Bonchev–Trinajstić information content (AvgIpc) is 3.16. The largest absolute Gasteiger partial charge is 0.345 e. The predicted octanol–water partition coefficient (Wildman–Crippen LogP) is 1.50. The molecule has 1 N–H and O–H groups in total.